The first-order valence-electron chi connectivity index (χ1n) is 6.03. The molecule has 0 aliphatic carbocycles. The molecule has 0 amide bonds. The highest BCUT2D eigenvalue weighted by Crippen LogP contribution is 2.21. The van der Waals surface area contributed by atoms with Crippen LogP contribution in [0.1, 0.15) is 67.2 Å². The molecule has 0 radical (unpaired) electrons. The topological polar surface area (TPSA) is 9.23 Å². The summed E-state index contributed by atoms with van der Waals surface area (Å²) in [5.41, 5.74) is 2.60. The molecule has 0 unspecified atom stereocenters. The van der Waals surface area contributed by atoms with Crippen LogP contribution in [0, 0.1) is 0 Å². The fourth-order valence-electron chi connectivity index (χ4n) is 1.41. The third kappa shape index (κ3) is 5.66. The zero-order valence-electron chi connectivity index (χ0n) is 11.2. The summed E-state index contributed by atoms with van der Waals surface area (Å²) in [7, 11) is 0. The van der Waals surface area contributed by atoms with Crippen molar-refractivity contribution in [3.63, 3.8) is 0 Å². The van der Waals surface area contributed by atoms with Gasteiger partial charge in [0, 0.05) is 12.8 Å². The Balaban J connectivity index is 4.65. The van der Waals surface area contributed by atoms with Crippen LogP contribution >= 0.6 is 0 Å². The zero-order chi connectivity index (χ0) is 11.8. The van der Waals surface area contributed by atoms with Crippen molar-refractivity contribution in [2.24, 2.45) is 0 Å². The predicted octanol–water partition coefficient (Wildman–Crippen LogP) is 5.19. The van der Waals surface area contributed by atoms with E-state index < -0.39 is 0 Å². The van der Waals surface area contributed by atoms with Gasteiger partial charge in [-0.1, -0.05) is 13.8 Å². The van der Waals surface area contributed by atoms with Gasteiger partial charge in [0.05, 0.1) is 0 Å². The summed E-state index contributed by atoms with van der Waals surface area (Å²) < 4.78 is 6.01. The summed E-state index contributed by atoms with van der Waals surface area (Å²) in [5.74, 6) is 2.31. The van der Waals surface area contributed by atoms with Crippen LogP contribution in [0.25, 0.3) is 0 Å². The Bertz CT molecular complexity index is 212. The van der Waals surface area contributed by atoms with Crippen molar-refractivity contribution < 1.29 is 4.74 Å². The van der Waals surface area contributed by atoms with Crippen molar-refractivity contribution in [2.45, 2.75) is 67.2 Å². The number of hydrogen-bond donors (Lipinski definition) is 0. The first-order chi connectivity index (χ1) is 7.02. The zero-order valence-corrected chi connectivity index (χ0v) is 11.2. The second kappa shape index (κ2) is 7.56. The van der Waals surface area contributed by atoms with E-state index in [4.69, 9.17) is 4.74 Å². The summed E-state index contributed by atoms with van der Waals surface area (Å²) in [6.07, 6.45) is 4.37. The number of rotatable bonds is 6. The minimum atomic E-state index is 1.04. The molecule has 0 spiro atoms. The Labute approximate surface area is 95.2 Å². The van der Waals surface area contributed by atoms with Crippen molar-refractivity contribution >= 4 is 0 Å². The average Bonchev–Trinajstić information content (AvgIpc) is 2.15. The molecule has 0 aromatic heterocycles. The van der Waals surface area contributed by atoms with Gasteiger partial charge in [0.25, 0.3) is 0 Å². The van der Waals surface area contributed by atoms with Crippen LogP contribution in [0.15, 0.2) is 22.7 Å². The van der Waals surface area contributed by atoms with Crippen molar-refractivity contribution in [1.29, 1.82) is 0 Å². The summed E-state index contributed by atoms with van der Waals surface area (Å²) >= 11 is 0. The second-order valence-corrected chi connectivity index (χ2v) is 4.45. The summed E-state index contributed by atoms with van der Waals surface area (Å²) in [6.45, 7) is 12.9. The molecule has 0 aromatic rings. The van der Waals surface area contributed by atoms with Crippen LogP contribution in [0.4, 0.5) is 0 Å². The van der Waals surface area contributed by atoms with Gasteiger partial charge < -0.3 is 4.74 Å². The molecule has 15 heavy (non-hydrogen) atoms. The lowest BCUT2D eigenvalue weighted by molar-refractivity contribution is 0.266. The van der Waals surface area contributed by atoms with Crippen molar-refractivity contribution in [2.75, 3.05) is 0 Å². The molecule has 0 aromatic carbocycles. The fraction of sp³-hybridized carbons (Fsp3) is 0.714. The minimum Gasteiger partial charge on any atom is -0.466 e. The van der Waals surface area contributed by atoms with Gasteiger partial charge in [-0.3, -0.25) is 0 Å². The lowest BCUT2D eigenvalue weighted by atomic mass is 10.1. The van der Waals surface area contributed by atoms with E-state index in [2.05, 4.69) is 41.5 Å². The van der Waals surface area contributed by atoms with Crippen LogP contribution in [-0.4, -0.2) is 0 Å². The standard InChI is InChI=1S/C14H26O/c1-7-9-13(11(3)4)15-14(10-8-2)12(5)6/h7-10H2,1-6H3. The van der Waals surface area contributed by atoms with Gasteiger partial charge in [0.2, 0.25) is 0 Å². The van der Waals surface area contributed by atoms with Gasteiger partial charge in [0.15, 0.2) is 0 Å². The van der Waals surface area contributed by atoms with Crippen LogP contribution in [0.3, 0.4) is 0 Å². The molecule has 0 aliphatic rings. The Morgan fingerprint density at radius 2 is 1.07 bits per heavy atom. The number of allylic oxidation sites excluding steroid dienone is 4. The van der Waals surface area contributed by atoms with E-state index in [1.54, 1.807) is 0 Å². The van der Waals surface area contributed by atoms with Crippen LogP contribution < -0.4 is 0 Å². The molecule has 1 heteroatoms. The van der Waals surface area contributed by atoms with Crippen LogP contribution in [0.5, 0.6) is 0 Å². The van der Waals surface area contributed by atoms with Crippen molar-refractivity contribution in [3.8, 4) is 0 Å². The minimum absolute atomic E-state index is 1.04. The Morgan fingerprint density at radius 3 is 1.27 bits per heavy atom. The maximum atomic E-state index is 6.01. The smallest absolute Gasteiger partial charge is 0.102 e. The molecule has 0 fully saturated rings. The summed E-state index contributed by atoms with van der Waals surface area (Å²) in [4.78, 5) is 0. The van der Waals surface area contributed by atoms with E-state index in [9.17, 15) is 0 Å². The highest BCUT2D eigenvalue weighted by atomic mass is 16.5. The maximum absolute atomic E-state index is 6.01. The molecule has 0 heterocycles. The van der Waals surface area contributed by atoms with Gasteiger partial charge in [0.1, 0.15) is 11.5 Å². The second-order valence-electron chi connectivity index (χ2n) is 4.45. The van der Waals surface area contributed by atoms with Crippen molar-refractivity contribution in [1.82, 2.24) is 0 Å². The molecule has 1 nitrogen and oxygen atoms in total. The quantitative estimate of drug-likeness (QED) is 0.548. The summed E-state index contributed by atoms with van der Waals surface area (Å²) in [6, 6.07) is 0. The first kappa shape index (κ1) is 14.3. The highest BCUT2D eigenvalue weighted by molar-refractivity contribution is 5.10. The van der Waals surface area contributed by atoms with E-state index in [1.807, 2.05) is 0 Å². The van der Waals surface area contributed by atoms with E-state index in [1.165, 1.54) is 11.1 Å². The molecule has 0 saturated carbocycles. The highest BCUT2D eigenvalue weighted by Gasteiger charge is 2.05. The third-order valence-corrected chi connectivity index (χ3v) is 2.32. The lowest BCUT2D eigenvalue weighted by Crippen LogP contribution is -1.97. The monoisotopic (exact) mass is 210 g/mol. The van der Waals surface area contributed by atoms with E-state index in [0.717, 1.165) is 37.2 Å². The average molecular weight is 210 g/mol. The largest absolute Gasteiger partial charge is 0.466 e. The van der Waals surface area contributed by atoms with Gasteiger partial charge in [-0.15, -0.1) is 0 Å². The van der Waals surface area contributed by atoms with Gasteiger partial charge in [-0.25, -0.2) is 0 Å². The fourth-order valence-corrected chi connectivity index (χ4v) is 1.41. The molecule has 88 valence electrons. The molecule has 0 N–H and O–H groups in total. The van der Waals surface area contributed by atoms with E-state index >= 15 is 0 Å². The van der Waals surface area contributed by atoms with Gasteiger partial charge in [-0.05, 0) is 51.7 Å². The molecule has 0 aliphatic heterocycles. The van der Waals surface area contributed by atoms with Crippen LogP contribution in [0.2, 0.25) is 0 Å². The third-order valence-electron chi connectivity index (χ3n) is 2.32. The van der Waals surface area contributed by atoms with Gasteiger partial charge in [-0.2, -0.15) is 0 Å². The summed E-state index contributed by atoms with van der Waals surface area (Å²) in [5, 5.41) is 0. The number of ether oxygens (including phenoxy) is 1. The molecule has 0 saturated heterocycles. The molecule has 0 bridgehead atoms. The first-order valence-corrected chi connectivity index (χ1v) is 6.03. The van der Waals surface area contributed by atoms with Gasteiger partial charge >= 0.3 is 0 Å². The Hall–Kier alpha value is -0.720. The van der Waals surface area contributed by atoms with Crippen molar-refractivity contribution in [3.05, 3.63) is 22.7 Å². The number of hydrogen-bond acceptors (Lipinski definition) is 1. The molecule has 0 rings (SSSR count). The predicted molar refractivity (Wildman–Crippen MR) is 67.6 cm³/mol. The Kier molecular flexibility index (Phi) is 7.19. The maximum Gasteiger partial charge on any atom is 0.102 e. The van der Waals surface area contributed by atoms with Crippen LogP contribution in [-0.2, 0) is 4.74 Å². The van der Waals surface area contributed by atoms with E-state index in [-0.39, 0.29) is 0 Å². The Morgan fingerprint density at radius 1 is 0.733 bits per heavy atom. The van der Waals surface area contributed by atoms with E-state index in [0.29, 0.717) is 0 Å². The molecular formula is C14H26O. The molecular weight excluding hydrogens is 184 g/mol. The molecule has 0 atom stereocenters. The SMILES string of the molecule is CCCC(OC(CCC)=C(C)C)=C(C)C. The lowest BCUT2D eigenvalue weighted by Gasteiger charge is -2.15. The normalized spacial score (nSPS) is 9.73.